The Bertz CT molecular complexity index is 335. The fourth-order valence-electron chi connectivity index (χ4n) is 2.16. The van der Waals surface area contributed by atoms with Crippen LogP contribution < -0.4 is 5.73 Å². The SMILES string of the molecule is CCOCCC(CN)(CO)c1ccccc1C. The number of aryl methyl sites for hydroxylation is 1. The molecule has 3 heteroatoms. The van der Waals surface area contributed by atoms with Crippen molar-refractivity contribution < 1.29 is 9.84 Å². The molecular formula is C14H23NO2. The Kier molecular flexibility index (Phi) is 5.62. The Morgan fingerprint density at radius 2 is 2.06 bits per heavy atom. The van der Waals surface area contributed by atoms with Gasteiger partial charge >= 0.3 is 0 Å². The fraction of sp³-hybridized carbons (Fsp3) is 0.571. The van der Waals surface area contributed by atoms with Crippen molar-refractivity contribution >= 4 is 0 Å². The molecule has 0 heterocycles. The van der Waals surface area contributed by atoms with Gasteiger partial charge < -0.3 is 15.6 Å². The summed E-state index contributed by atoms with van der Waals surface area (Å²) >= 11 is 0. The van der Waals surface area contributed by atoms with Crippen molar-refractivity contribution in [1.29, 1.82) is 0 Å². The Morgan fingerprint density at radius 1 is 1.35 bits per heavy atom. The zero-order valence-electron chi connectivity index (χ0n) is 10.8. The lowest BCUT2D eigenvalue weighted by Gasteiger charge is -2.32. The minimum Gasteiger partial charge on any atom is -0.395 e. The summed E-state index contributed by atoms with van der Waals surface area (Å²) in [6.07, 6.45) is 0.749. The molecule has 1 unspecified atom stereocenters. The van der Waals surface area contributed by atoms with Gasteiger partial charge in [0.15, 0.2) is 0 Å². The van der Waals surface area contributed by atoms with Crippen LogP contribution in [0.1, 0.15) is 24.5 Å². The zero-order chi connectivity index (χ0) is 12.7. The third-order valence-corrected chi connectivity index (χ3v) is 3.34. The summed E-state index contributed by atoms with van der Waals surface area (Å²) in [6.45, 7) is 5.83. The standard InChI is InChI=1S/C14H23NO2/c1-3-17-9-8-14(10-15,11-16)13-7-5-4-6-12(13)2/h4-7,16H,3,8-11,15H2,1-2H3. The van der Waals surface area contributed by atoms with E-state index in [1.165, 1.54) is 5.56 Å². The van der Waals surface area contributed by atoms with Crippen LogP contribution in [0.25, 0.3) is 0 Å². The van der Waals surface area contributed by atoms with Crippen molar-refractivity contribution in [1.82, 2.24) is 0 Å². The van der Waals surface area contributed by atoms with Crippen LogP contribution in [0.3, 0.4) is 0 Å². The Hall–Kier alpha value is -0.900. The zero-order valence-corrected chi connectivity index (χ0v) is 10.8. The van der Waals surface area contributed by atoms with Crippen molar-refractivity contribution in [2.75, 3.05) is 26.4 Å². The smallest absolute Gasteiger partial charge is 0.0541 e. The summed E-state index contributed by atoms with van der Waals surface area (Å²) in [4.78, 5) is 0. The number of aliphatic hydroxyl groups is 1. The molecule has 0 amide bonds. The number of nitrogens with two attached hydrogens (primary N) is 1. The molecule has 0 radical (unpaired) electrons. The molecule has 0 bridgehead atoms. The molecule has 0 saturated heterocycles. The predicted molar refractivity (Wildman–Crippen MR) is 70.1 cm³/mol. The first-order chi connectivity index (χ1) is 8.20. The third-order valence-electron chi connectivity index (χ3n) is 3.34. The molecule has 3 nitrogen and oxygen atoms in total. The van der Waals surface area contributed by atoms with Crippen LogP contribution in [0.4, 0.5) is 0 Å². The van der Waals surface area contributed by atoms with Crippen molar-refractivity contribution in [3.8, 4) is 0 Å². The van der Waals surface area contributed by atoms with Crippen LogP contribution in [0, 0.1) is 6.92 Å². The van der Waals surface area contributed by atoms with Crippen LogP contribution in [-0.4, -0.2) is 31.5 Å². The number of hydrogen-bond donors (Lipinski definition) is 2. The Labute approximate surface area is 104 Å². The van der Waals surface area contributed by atoms with E-state index in [0.717, 1.165) is 12.0 Å². The average molecular weight is 237 g/mol. The van der Waals surface area contributed by atoms with Crippen LogP contribution in [0.15, 0.2) is 24.3 Å². The van der Waals surface area contributed by atoms with Crippen LogP contribution in [-0.2, 0) is 10.2 Å². The maximum Gasteiger partial charge on any atom is 0.0541 e. The van der Waals surface area contributed by atoms with Gasteiger partial charge in [0.05, 0.1) is 6.61 Å². The quantitative estimate of drug-likeness (QED) is 0.708. The van der Waals surface area contributed by atoms with Gasteiger partial charge in [0.1, 0.15) is 0 Å². The van der Waals surface area contributed by atoms with Gasteiger partial charge in [-0.2, -0.15) is 0 Å². The van der Waals surface area contributed by atoms with E-state index in [1.807, 2.05) is 25.1 Å². The highest BCUT2D eigenvalue weighted by Gasteiger charge is 2.31. The second-order valence-electron chi connectivity index (χ2n) is 4.40. The molecular weight excluding hydrogens is 214 g/mol. The molecule has 96 valence electrons. The lowest BCUT2D eigenvalue weighted by atomic mass is 9.76. The number of ether oxygens (including phenoxy) is 1. The first-order valence-electron chi connectivity index (χ1n) is 6.15. The van der Waals surface area contributed by atoms with E-state index in [4.69, 9.17) is 10.5 Å². The van der Waals surface area contributed by atoms with E-state index in [0.29, 0.717) is 19.8 Å². The minimum absolute atomic E-state index is 0.0570. The van der Waals surface area contributed by atoms with E-state index >= 15 is 0 Å². The lowest BCUT2D eigenvalue weighted by Crippen LogP contribution is -2.40. The normalized spacial score (nSPS) is 14.6. The molecule has 0 aromatic heterocycles. The van der Waals surface area contributed by atoms with Crippen LogP contribution >= 0.6 is 0 Å². The van der Waals surface area contributed by atoms with E-state index in [9.17, 15) is 5.11 Å². The van der Waals surface area contributed by atoms with Gasteiger partial charge in [-0.05, 0) is 31.4 Å². The second-order valence-corrected chi connectivity index (χ2v) is 4.40. The summed E-state index contributed by atoms with van der Waals surface area (Å²) in [6, 6.07) is 8.09. The Balaban J connectivity index is 2.94. The molecule has 0 spiro atoms. The fourth-order valence-corrected chi connectivity index (χ4v) is 2.16. The average Bonchev–Trinajstić information content (AvgIpc) is 2.36. The van der Waals surface area contributed by atoms with Crippen molar-refractivity contribution in [2.45, 2.75) is 25.7 Å². The Morgan fingerprint density at radius 3 is 2.59 bits per heavy atom. The number of rotatable bonds is 7. The van der Waals surface area contributed by atoms with E-state index < -0.39 is 0 Å². The topological polar surface area (TPSA) is 55.5 Å². The van der Waals surface area contributed by atoms with E-state index in [1.54, 1.807) is 0 Å². The minimum atomic E-state index is -0.374. The van der Waals surface area contributed by atoms with Gasteiger partial charge in [0, 0.05) is 25.2 Å². The summed E-state index contributed by atoms with van der Waals surface area (Å²) in [5, 5.41) is 9.72. The van der Waals surface area contributed by atoms with Gasteiger partial charge in [-0.3, -0.25) is 0 Å². The highest BCUT2D eigenvalue weighted by Crippen LogP contribution is 2.29. The molecule has 17 heavy (non-hydrogen) atoms. The molecule has 0 saturated carbocycles. The predicted octanol–water partition coefficient (Wildman–Crippen LogP) is 1.61. The summed E-state index contributed by atoms with van der Waals surface area (Å²) < 4.78 is 5.39. The van der Waals surface area contributed by atoms with Crippen molar-refractivity contribution in [2.24, 2.45) is 5.73 Å². The first kappa shape index (κ1) is 14.2. The molecule has 1 atom stereocenters. The molecule has 0 aliphatic rings. The van der Waals surface area contributed by atoms with Gasteiger partial charge in [-0.1, -0.05) is 24.3 Å². The molecule has 3 N–H and O–H groups in total. The van der Waals surface area contributed by atoms with Crippen LogP contribution in [0.5, 0.6) is 0 Å². The molecule has 0 aliphatic carbocycles. The summed E-state index contributed by atoms with van der Waals surface area (Å²) in [7, 11) is 0. The maximum atomic E-state index is 9.72. The third kappa shape index (κ3) is 3.28. The number of hydrogen-bond acceptors (Lipinski definition) is 3. The molecule has 1 aromatic rings. The first-order valence-corrected chi connectivity index (χ1v) is 6.15. The lowest BCUT2D eigenvalue weighted by molar-refractivity contribution is 0.103. The monoisotopic (exact) mass is 237 g/mol. The second kappa shape index (κ2) is 6.74. The van der Waals surface area contributed by atoms with Gasteiger partial charge in [0.25, 0.3) is 0 Å². The summed E-state index contributed by atoms with van der Waals surface area (Å²) in [5.41, 5.74) is 7.81. The maximum absolute atomic E-state index is 9.72. The highest BCUT2D eigenvalue weighted by molar-refractivity contribution is 5.34. The largest absolute Gasteiger partial charge is 0.395 e. The summed E-state index contributed by atoms with van der Waals surface area (Å²) in [5.74, 6) is 0. The van der Waals surface area contributed by atoms with Gasteiger partial charge in [0.2, 0.25) is 0 Å². The van der Waals surface area contributed by atoms with Gasteiger partial charge in [-0.15, -0.1) is 0 Å². The van der Waals surface area contributed by atoms with E-state index in [2.05, 4.69) is 13.0 Å². The molecule has 0 fully saturated rings. The van der Waals surface area contributed by atoms with Crippen molar-refractivity contribution in [3.63, 3.8) is 0 Å². The number of benzene rings is 1. The van der Waals surface area contributed by atoms with Crippen molar-refractivity contribution in [3.05, 3.63) is 35.4 Å². The van der Waals surface area contributed by atoms with Crippen LogP contribution in [0.2, 0.25) is 0 Å². The van der Waals surface area contributed by atoms with E-state index in [-0.39, 0.29) is 12.0 Å². The molecule has 1 rings (SSSR count). The highest BCUT2D eigenvalue weighted by atomic mass is 16.5. The molecule has 1 aromatic carbocycles. The van der Waals surface area contributed by atoms with Gasteiger partial charge in [-0.25, -0.2) is 0 Å². The molecule has 0 aliphatic heterocycles. The number of aliphatic hydroxyl groups excluding tert-OH is 1.